The molecule has 198 valence electrons. The number of aromatic nitrogens is 3. The predicted molar refractivity (Wildman–Crippen MR) is 147 cm³/mol. The van der Waals surface area contributed by atoms with E-state index < -0.39 is 0 Å². The van der Waals surface area contributed by atoms with Crippen molar-refractivity contribution in [2.24, 2.45) is 5.16 Å². The second-order valence-electron chi connectivity index (χ2n) is 9.54. The van der Waals surface area contributed by atoms with Crippen LogP contribution in [0.25, 0.3) is 16.7 Å². The minimum atomic E-state index is -0.226. The van der Waals surface area contributed by atoms with Gasteiger partial charge in [-0.3, -0.25) is 0 Å². The van der Waals surface area contributed by atoms with Crippen LogP contribution in [-0.2, 0) is 11.4 Å². The van der Waals surface area contributed by atoms with Gasteiger partial charge in [0.15, 0.2) is 5.84 Å². The molecule has 1 aliphatic heterocycles. The minimum absolute atomic E-state index is 0.226. The number of methoxy groups -OCH3 is 2. The lowest BCUT2D eigenvalue weighted by Crippen LogP contribution is -2.40. The zero-order chi connectivity index (χ0) is 26.9. The summed E-state index contributed by atoms with van der Waals surface area (Å²) in [5.74, 6) is 2.65. The highest BCUT2D eigenvalue weighted by Crippen LogP contribution is 2.34. The molecule has 0 amide bonds. The van der Waals surface area contributed by atoms with Gasteiger partial charge >= 0.3 is 0 Å². The lowest BCUT2D eigenvalue weighted by Gasteiger charge is -2.35. The van der Waals surface area contributed by atoms with Crippen molar-refractivity contribution in [2.75, 3.05) is 20.8 Å². The predicted octanol–water partition coefficient (Wildman–Crippen LogP) is 5.58. The number of furan rings is 1. The van der Waals surface area contributed by atoms with Crippen LogP contribution in [0.15, 0.2) is 82.8 Å². The van der Waals surface area contributed by atoms with Crippen molar-refractivity contribution < 1.29 is 18.7 Å². The fourth-order valence-corrected chi connectivity index (χ4v) is 4.78. The highest BCUT2D eigenvalue weighted by molar-refractivity contribution is 5.97. The first-order chi connectivity index (χ1) is 19.0. The standard InChI is InChI=1S/C30H29N5O4/c1-19-5-8-22-14-28(39-27(22)13-19)26-17-38-33-29(35(26)16-21-6-9-23(36-3)10-7-21)24-11-12-25(30(32-24)37-4)34-15-20(2)31-18-34/h5-15,18,26H,16-17H2,1-4H3. The van der Waals surface area contributed by atoms with E-state index in [9.17, 15) is 0 Å². The Bertz CT molecular complexity index is 1650. The molecule has 0 N–H and O–H groups in total. The molecule has 0 aliphatic carbocycles. The largest absolute Gasteiger partial charge is 0.497 e. The van der Waals surface area contributed by atoms with Crippen LogP contribution in [0.5, 0.6) is 11.6 Å². The third-order valence-electron chi connectivity index (χ3n) is 6.82. The van der Waals surface area contributed by atoms with Gasteiger partial charge in [-0.05, 0) is 61.4 Å². The van der Waals surface area contributed by atoms with Crippen LogP contribution in [-0.4, -0.2) is 46.1 Å². The molecule has 5 aromatic rings. The summed E-state index contributed by atoms with van der Waals surface area (Å²) in [7, 11) is 3.27. The summed E-state index contributed by atoms with van der Waals surface area (Å²) in [6.07, 6.45) is 3.67. The molecule has 0 fully saturated rings. The number of pyridine rings is 1. The number of amidine groups is 1. The van der Waals surface area contributed by atoms with Crippen molar-refractivity contribution in [1.82, 2.24) is 19.4 Å². The van der Waals surface area contributed by atoms with Crippen LogP contribution >= 0.6 is 0 Å². The van der Waals surface area contributed by atoms with Crippen molar-refractivity contribution in [2.45, 2.75) is 26.4 Å². The molecule has 6 rings (SSSR count). The molecule has 1 unspecified atom stereocenters. The van der Waals surface area contributed by atoms with E-state index in [1.54, 1.807) is 20.5 Å². The molecule has 39 heavy (non-hydrogen) atoms. The topological polar surface area (TPSA) is 87.1 Å². The van der Waals surface area contributed by atoms with E-state index in [-0.39, 0.29) is 6.04 Å². The van der Waals surface area contributed by atoms with Gasteiger partial charge in [0.25, 0.3) is 0 Å². The quantitative estimate of drug-likeness (QED) is 0.275. The third kappa shape index (κ3) is 4.79. The van der Waals surface area contributed by atoms with E-state index in [1.807, 2.05) is 60.2 Å². The van der Waals surface area contributed by atoms with Crippen molar-refractivity contribution in [3.8, 4) is 17.3 Å². The van der Waals surface area contributed by atoms with Gasteiger partial charge in [0.1, 0.15) is 41.1 Å². The lowest BCUT2D eigenvalue weighted by molar-refractivity contribution is 0.0500. The van der Waals surface area contributed by atoms with E-state index in [4.69, 9.17) is 23.7 Å². The van der Waals surface area contributed by atoms with E-state index in [2.05, 4.69) is 40.2 Å². The average molecular weight is 524 g/mol. The Balaban J connectivity index is 1.41. The van der Waals surface area contributed by atoms with E-state index in [0.717, 1.165) is 45.0 Å². The number of imidazole rings is 1. The first-order valence-corrected chi connectivity index (χ1v) is 12.7. The summed E-state index contributed by atoms with van der Waals surface area (Å²) in [6.45, 7) is 4.89. The summed E-state index contributed by atoms with van der Waals surface area (Å²) in [5, 5.41) is 5.52. The SMILES string of the molecule is COc1ccc(CN2C(c3ccc(-n4cnc(C)c4)c(OC)n3)=NOCC2c2cc3ccc(C)cc3o2)cc1. The molecule has 0 spiro atoms. The van der Waals surface area contributed by atoms with Crippen LogP contribution < -0.4 is 9.47 Å². The van der Waals surface area contributed by atoms with E-state index in [0.29, 0.717) is 30.6 Å². The Labute approximate surface area is 226 Å². The maximum absolute atomic E-state index is 6.35. The van der Waals surface area contributed by atoms with Crippen LogP contribution in [0.1, 0.15) is 34.3 Å². The van der Waals surface area contributed by atoms with Gasteiger partial charge in [-0.15, -0.1) is 0 Å². The van der Waals surface area contributed by atoms with Gasteiger partial charge < -0.3 is 28.2 Å². The van der Waals surface area contributed by atoms with Crippen molar-refractivity contribution >= 4 is 16.8 Å². The van der Waals surface area contributed by atoms with Gasteiger partial charge in [-0.25, -0.2) is 9.97 Å². The maximum atomic E-state index is 6.35. The molecule has 0 radical (unpaired) electrons. The number of hydrogen-bond donors (Lipinski definition) is 0. The van der Waals surface area contributed by atoms with Crippen molar-refractivity contribution in [3.63, 3.8) is 0 Å². The molecular formula is C30H29N5O4. The number of benzene rings is 2. The number of rotatable bonds is 7. The molecule has 1 aliphatic rings. The van der Waals surface area contributed by atoms with E-state index in [1.165, 1.54) is 0 Å². The molecule has 4 heterocycles. The zero-order valence-electron chi connectivity index (χ0n) is 22.3. The van der Waals surface area contributed by atoms with Crippen LogP contribution in [0.3, 0.4) is 0 Å². The van der Waals surface area contributed by atoms with E-state index >= 15 is 0 Å². The van der Waals surface area contributed by atoms with Gasteiger partial charge in [0.2, 0.25) is 5.88 Å². The number of ether oxygens (including phenoxy) is 2. The minimum Gasteiger partial charge on any atom is -0.497 e. The fourth-order valence-electron chi connectivity index (χ4n) is 4.78. The Morgan fingerprint density at radius 2 is 1.82 bits per heavy atom. The number of hydrogen-bond acceptors (Lipinski definition) is 8. The second-order valence-corrected chi connectivity index (χ2v) is 9.54. The molecule has 0 bridgehead atoms. The average Bonchev–Trinajstić information content (AvgIpc) is 3.59. The number of nitrogens with zero attached hydrogens (tertiary/aromatic N) is 5. The Morgan fingerprint density at radius 1 is 0.974 bits per heavy atom. The molecule has 0 saturated carbocycles. The molecule has 9 nitrogen and oxygen atoms in total. The Kier molecular flexibility index (Phi) is 6.40. The summed E-state index contributed by atoms with van der Waals surface area (Å²) in [6, 6.07) is 19.9. The smallest absolute Gasteiger partial charge is 0.238 e. The van der Waals surface area contributed by atoms with Crippen LogP contribution in [0.2, 0.25) is 0 Å². The Hall–Kier alpha value is -4.79. The van der Waals surface area contributed by atoms with Crippen molar-refractivity contribution in [3.05, 3.63) is 101 Å². The highest BCUT2D eigenvalue weighted by atomic mass is 16.6. The second kappa shape index (κ2) is 10.2. The summed E-state index contributed by atoms with van der Waals surface area (Å²) in [5.41, 5.74) is 5.38. The lowest BCUT2D eigenvalue weighted by atomic mass is 10.1. The van der Waals surface area contributed by atoms with Gasteiger partial charge in [-0.1, -0.05) is 29.4 Å². The fraction of sp³-hybridized carbons (Fsp3) is 0.233. The maximum Gasteiger partial charge on any atom is 0.238 e. The monoisotopic (exact) mass is 523 g/mol. The first kappa shape index (κ1) is 24.5. The van der Waals surface area contributed by atoms with Gasteiger partial charge in [0.05, 0.1) is 26.2 Å². The van der Waals surface area contributed by atoms with Crippen LogP contribution in [0.4, 0.5) is 0 Å². The highest BCUT2D eigenvalue weighted by Gasteiger charge is 2.33. The molecular weight excluding hydrogens is 494 g/mol. The summed E-state index contributed by atoms with van der Waals surface area (Å²) < 4.78 is 19.3. The number of oxime groups is 1. The summed E-state index contributed by atoms with van der Waals surface area (Å²) >= 11 is 0. The normalized spacial score (nSPS) is 15.2. The molecule has 2 aromatic carbocycles. The molecule has 9 heteroatoms. The first-order valence-electron chi connectivity index (χ1n) is 12.7. The molecule has 1 atom stereocenters. The number of aryl methyl sites for hydroxylation is 2. The summed E-state index contributed by atoms with van der Waals surface area (Å²) in [4.78, 5) is 17.1. The Morgan fingerprint density at radius 3 is 2.56 bits per heavy atom. The molecule has 3 aromatic heterocycles. The van der Waals surface area contributed by atoms with Crippen molar-refractivity contribution in [1.29, 1.82) is 0 Å². The third-order valence-corrected chi connectivity index (χ3v) is 6.82. The number of fused-ring (bicyclic) bond motifs is 1. The zero-order valence-corrected chi connectivity index (χ0v) is 22.3. The van der Waals surface area contributed by atoms with Gasteiger partial charge in [-0.2, -0.15) is 0 Å². The van der Waals surface area contributed by atoms with Gasteiger partial charge in [0, 0.05) is 18.1 Å². The molecule has 0 saturated heterocycles. The van der Waals surface area contributed by atoms with Crippen LogP contribution in [0, 0.1) is 13.8 Å².